The van der Waals surface area contributed by atoms with Crippen molar-refractivity contribution in [2.75, 3.05) is 14.2 Å². The number of hydrogen-bond donors (Lipinski definition) is 0. The molecule has 0 fully saturated rings. The number of cyclic esters (lactones) is 1. The van der Waals surface area contributed by atoms with E-state index in [-0.39, 0.29) is 0 Å². The van der Waals surface area contributed by atoms with Crippen LogP contribution < -0.4 is 0 Å². The van der Waals surface area contributed by atoms with E-state index in [4.69, 9.17) is 0 Å². The Labute approximate surface area is 99.2 Å². The monoisotopic (exact) mass is 270 g/mol. The van der Waals surface area contributed by atoms with Crippen molar-refractivity contribution in [2.45, 2.75) is 18.9 Å². The van der Waals surface area contributed by atoms with Crippen LogP contribution in [0.5, 0.6) is 0 Å². The van der Waals surface area contributed by atoms with Gasteiger partial charge in [0.05, 0.1) is 14.2 Å². The highest BCUT2D eigenvalue weighted by molar-refractivity contribution is 5.90. The van der Waals surface area contributed by atoms with Crippen molar-refractivity contribution in [1.29, 1.82) is 0 Å². The Hall–Kier alpha value is -1.93. The fourth-order valence-electron chi connectivity index (χ4n) is 1.38. The maximum atomic E-state index is 13.0. The Morgan fingerprint density at radius 1 is 1.28 bits per heavy atom. The van der Waals surface area contributed by atoms with Crippen LogP contribution >= 0.6 is 0 Å². The maximum Gasteiger partial charge on any atom is 0.477 e. The van der Waals surface area contributed by atoms with E-state index in [1.807, 2.05) is 0 Å². The smallest absolute Gasteiger partial charge is 0.477 e. The standard InChI is InChI=1S/C9H9F3O6/c1-4(13)17-8(9(10,11)12)6(16-3)5(15-2)7(14)18-8/h1-3H3. The molecule has 1 aliphatic heterocycles. The summed E-state index contributed by atoms with van der Waals surface area (Å²) in [6.07, 6.45) is -5.21. The van der Waals surface area contributed by atoms with Crippen molar-refractivity contribution in [3.8, 4) is 0 Å². The Bertz CT molecular complexity index is 413. The molecule has 1 atom stereocenters. The molecule has 0 spiro atoms. The lowest BCUT2D eigenvalue weighted by Gasteiger charge is -2.29. The molecule has 18 heavy (non-hydrogen) atoms. The molecule has 0 aromatic carbocycles. The zero-order chi connectivity index (χ0) is 14.1. The van der Waals surface area contributed by atoms with Crippen LogP contribution in [0.4, 0.5) is 13.2 Å². The molecule has 0 aliphatic carbocycles. The third kappa shape index (κ3) is 1.95. The summed E-state index contributed by atoms with van der Waals surface area (Å²) in [5.41, 5.74) is 0. The molecule has 0 aromatic rings. The van der Waals surface area contributed by atoms with Gasteiger partial charge in [-0.05, 0) is 0 Å². The second-order valence-electron chi connectivity index (χ2n) is 3.16. The zero-order valence-corrected chi connectivity index (χ0v) is 9.58. The molecule has 0 amide bonds. The van der Waals surface area contributed by atoms with Crippen LogP contribution in [0.2, 0.25) is 0 Å². The second-order valence-corrected chi connectivity index (χ2v) is 3.16. The van der Waals surface area contributed by atoms with Gasteiger partial charge in [-0.15, -0.1) is 0 Å². The van der Waals surface area contributed by atoms with E-state index in [9.17, 15) is 22.8 Å². The lowest BCUT2D eigenvalue weighted by Crippen LogP contribution is -2.51. The van der Waals surface area contributed by atoms with Crippen LogP contribution in [0.3, 0.4) is 0 Å². The molecule has 9 heteroatoms. The topological polar surface area (TPSA) is 71.1 Å². The third-order valence-electron chi connectivity index (χ3n) is 2.00. The third-order valence-corrected chi connectivity index (χ3v) is 2.00. The molecular formula is C9H9F3O6. The molecule has 0 N–H and O–H groups in total. The number of carbonyl (C=O) groups is 2. The predicted octanol–water partition coefficient (Wildman–Crippen LogP) is 0.869. The van der Waals surface area contributed by atoms with Crippen molar-refractivity contribution >= 4 is 11.9 Å². The van der Waals surface area contributed by atoms with Gasteiger partial charge in [-0.2, -0.15) is 13.2 Å². The van der Waals surface area contributed by atoms with Crippen molar-refractivity contribution in [2.24, 2.45) is 0 Å². The van der Waals surface area contributed by atoms with Crippen molar-refractivity contribution in [3.63, 3.8) is 0 Å². The SMILES string of the molecule is COC1=C(OC)C(OC(C)=O)(C(F)(F)F)OC1=O. The van der Waals surface area contributed by atoms with Crippen molar-refractivity contribution in [3.05, 3.63) is 11.5 Å². The van der Waals surface area contributed by atoms with Crippen LogP contribution in [0, 0.1) is 0 Å². The fraction of sp³-hybridized carbons (Fsp3) is 0.556. The van der Waals surface area contributed by atoms with Crippen LogP contribution in [-0.2, 0) is 28.5 Å². The molecular weight excluding hydrogens is 261 g/mol. The predicted molar refractivity (Wildman–Crippen MR) is 47.7 cm³/mol. The molecule has 1 heterocycles. The number of hydrogen-bond acceptors (Lipinski definition) is 6. The van der Waals surface area contributed by atoms with E-state index in [2.05, 4.69) is 18.9 Å². The van der Waals surface area contributed by atoms with Crippen LogP contribution in [0.1, 0.15) is 6.92 Å². The summed E-state index contributed by atoms with van der Waals surface area (Å²) in [5.74, 6) is -8.20. The average molecular weight is 270 g/mol. The minimum atomic E-state index is -5.21. The average Bonchev–Trinajstić information content (AvgIpc) is 2.48. The molecule has 0 aromatic heterocycles. The summed E-state index contributed by atoms with van der Waals surface area (Å²) in [5, 5.41) is 0. The number of ether oxygens (including phenoxy) is 4. The number of methoxy groups -OCH3 is 2. The van der Waals surface area contributed by atoms with E-state index >= 15 is 0 Å². The second kappa shape index (κ2) is 4.39. The molecule has 1 unspecified atom stereocenters. The van der Waals surface area contributed by atoms with E-state index in [1.54, 1.807) is 0 Å². The highest BCUT2D eigenvalue weighted by Crippen LogP contribution is 2.46. The number of alkyl halides is 3. The van der Waals surface area contributed by atoms with Crippen molar-refractivity contribution in [1.82, 2.24) is 0 Å². The normalized spacial score (nSPS) is 23.8. The first-order valence-electron chi connectivity index (χ1n) is 4.52. The summed E-state index contributed by atoms with van der Waals surface area (Å²) in [6, 6.07) is 0. The maximum absolute atomic E-state index is 13.0. The molecule has 0 radical (unpaired) electrons. The quantitative estimate of drug-likeness (QED) is 0.709. The van der Waals surface area contributed by atoms with Gasteiger partial charge in [-0.1, -0.05) is 0 Å². The van der Waals surface area contributed by atoms with Crippen molar-refractivity contribution < 1.29 is 41.7 Å². The molecule has 0 saturated heterocycles. The summed E-state index contributed by atoms with van der Waals surface area (Å²) in [6.45, 7) is 0.736. The van der Waals surface area contributed by atoms with Gasteiger partial charge in [0.2, 0.25) is 5.76 Å². The fourth-order valence-corrected chi connectivity index (χ4v) is 1.38. The highest BCUT2D eigenvalue weighted by Gasteiger charge is 2.71. The first-order chi connectivity index (χ1) is 8.19. The van der Waals surface area contributed by atoms with Crippen LogP contribution in [0.15, 0.2) is 11.5 Å². The number of rotatable bonds is 3. The molecule has 0 saturated carbocycles. The molecule has 0 bridgehead atoms. The van der Waals surface area contributed by atoms with E-state index < -0.39 is 35.4 Å². The van der Waals surface area contributed by atoms with Gasteiger partial charge in [-0.25, -0.2) is 4.79 Å². The molecule has 1 aliphatic rings. The van der Waals surface area contributed by atoms with Gasteiger partial charge in [0, 0.05) is 6.92 Å². The highest BCUT2D eigenvalue weighted by atomic mass is 19.4. The van der Waals surface area contributed by atoms with Crippen LogP contribution in [0.25, 0.3) is 0 Å². The Balaban J connectivity index is 3.41. The summed E-state index contributed by atoms with van der Waals surface area (Å²) in [7, 11) is 1.82. The van der Waals surface area contributed by atoms with Gasteiger partial charge >= 0.3 is 23.9 Å². The number of halogens is 3. The number of carbonyl (C=O) groups excluding carboxylic acids is 2. The van der Waals surface area contributed by atoms with Gasteiger partial charge in [0.15, 0.2) is 0 Å². The van der Waals surface area contributed by atoms with E-state index in [0.717, 1.165) is 21.1 Å². The summed E-state index contributed by atoms with van der Waals surface area (Å²) in [4.78, 5) is 22.0. The lowest BCUT2D eigenvalue weighted by atomic mass is 10.2. The minimum Gasteiger partial charge on any atom is -0.490 e. The van der Waals surface area contributed by atoms with E-state index in [1.165, 1.54) is 0 Å². The summed E-state index contributed by atoms with van der Waals surface area (Å²) >= 11 is 0. The largest absolute Gasteiger partial charge is 0.490 e. The minimum absolute atomic E-state index is 0.736. The van der Waals surface area contributed by atoms with Gasteiger partial charge in [0.25, 0.3) is 5.76 Å². The van der Waals surface area contributed by atoms with Gasteiger partial charge < -0.3 is 18.9 Å². The molecule has 1 rings (SSSR count). The Kier molecular flexibility index (Phi) is 3.45. The Morgan fingerprint density at radius 3 is 2.17 bits per heavy atom. The number of esters is 2. The lowest BCUT2D eigenvalue weighted by molar-refractivity contribution is -0.339. The summed E-state index contributed by atoms with van der Waals surface area (Å²) < 4.78 is 56.0. The first-order valence-corrected chi connectivity index (χ1v) is 4.52. The van der Waals surface area contributed by atoms with E-state index in [0.29, 0.717) is 0 Å². The van der Waals surface area contributed by atoms with Crippen LogP contribution in [-0.4, -0.2) is 38.1 Å². The Morgan fingerprint density at radius 2 is 1.83 bits per heavy atom. The van der Waals surface area contributed by atoms with Gasteiger partial charge in [0.1, 0.15) is 0 Å². The van der Waals surface area contributed by atoms with Gasteiger partial charge in [-0.3, -0.25) is 4.79 Å². The first kappa shape index (κ1) is 14.1. The zero-order valence-electron chi connectivity index (χ0n) is 9.58. The molecule has 102 valence electrons. The molecule has 6 nitrogen and oxygen atoms in total.